The summed E-state index contributed by atoms with van der Waals surface area (Å²) in [5.41, 5.74) is 0. The third-order valence-corrected chi connectivity index (χ3v) is 1.16. The number of hydrogen-bond donors (Lipinski definition) is 0. The second kappa shape index (κ2) is 5.00. The zero-order chi connectivity index (χ0) is 6.41. The maximum absolute atomic E-state index is 5.33. The van der Waals surface area contributed by atoms with Crippen molar-refractivity contribution in [3.05, 3.63) is 0 Å². The van der Waals surface area contributed by atoms with Crippen molar-refractivity contribution in [2.45, 2.75) is 20.3 Å². The Balaban J connectivity index is 3.35. The highest BCUT2D eigenvalue weighted by atomic mass is 35.5. The second-order valence-electron chi connectivity index (χ2n) is 1.76. The average molecular weight is 131 g/mol. The summed E-state index contributed by atoms with van der Waals surface area (Å²) in [5.74, 6) is 6.79. The predicted molar refractivity (Wildman–Crippen MR) is 38.0 cm³/mol. The minimum absolute atomic E-state index is 0.463. The van der Waals surface area contributed by atoms with Crippen LogP contribution in [0.25, 0.3) is 0 Å². The van der Waals surface area contributed by atoms with Crippen LogP contribution >= 0.6 is 11.6 Å². The van der Waals surface area contributed by atoms with Crippen LogP contribution in [-0.2, 0) is 0 Å². The van der Waals surface area contributed by atoms with Gasteiger partial charge in [0.05, 0.1) is 5.88 Å². The third-order valence-electron chi connectivity index (χ3n) is 1.03. The van der Waals surface area contributed by atoms with Gasteiger partial charge in [-0.05, 0) is 6.42 Å². The summed E-state index contributed by atoms with van der Waals surface area (Å²) in [4.78, 5) is 0. The molecule has 0 spiro atoms. The summed E-state index contributed by atoms with van der Waals surface area (Å²) in [6.07, 6.45) is 1.11. The van der Waals surface area contributed by atoms with Gasteiger partial charge in [-0.3, -0.25) is 0 Å². The molecule has 0 fully saturated rings. The van der Waals surface area contributed by atoms with Gasteiger partial charge in [-0.1, -0.05) is 25.7 Å². The molecule has 1 unspecified atom stereocenters. The fourth-order valence-corrected chi connectivity index (χ4v) is 0.392. The van der Waals surface area contributed by atoms with Crippen LogP contribution in [-0.4, -0.2) is 5.88 Å². The lowest BCUT2D eigenvalue weighted by Gasteiger charge is -1.92. The molecule has 0 heterocycles. The van der Waals surface area contributed by atoms with Gasteiger partial charge in [0.2, 0.25) is 0 Å². The van der Waals surface area contributed by atoms with Gasteiger partial charge in [0.1, 0.15) is 0 Å². The van der Waals surface area contributed by atoms with E-state index in [0.717, 1.165) is 6.42 Å². The van der Waals surface area contributed by atoms with Crippen molar-refractivity contribution in [3.8, 4) is 11.8 Å². The Kier molecular flexibility index (Phi) is 4.90. The lowest BCUT2D eigenvalue weighted by atomic mass is 10.1. The van der Waals surface area contributed by atoms with Crippen LogP contribution in [0.4, 0.5) is 0 Å². The molecule has 0 N–H and O–H groups in total. The van der Waals surface area contributed by atoms with Crippen molar-refractivity contribution in [1.29, 1.82) is 0 Å². The molecule has 0 aliphatic rings. The fourth-order valence-electron chi connectivity index (χ4n) is 0.315. The Morgan fingerprint density at radius 1 is 1.62 bits per heavy atom. The topological polar surface area (TPSA) is 0 Å². The SMILES string of the molecule is CCC(C)C#CCCl. The number of alkyl halides is 1. The largest absolute Gasteiger partial charge is 0.113 e. The summed E-state index contributed by atoms with van der Waals surface area (Å²) < 4.78 is 0. The predicted octanol–water partition coefficient (Wildman–Crippen LogP) is 2.27. The second-order valence-corrected chi connectivity index (χ2v) is 2.03. The molecular formula is C7H11Cl. The summed E-state index contributed by atoms with van der Waals surface area (Å²) >= 11 is 5.33. The number of hydrogen-bond acceptors (Lipinski definition) is 0. The van der Waals surface area contributed by atoms with Crippen molar-refractivity contribution >= 4 is 11.6 Å². The highest BCUT2D eigenvalue weighted by Gasteiger charge is 1.86. The monoisotopic (exact) mass is 130 g/mol. The minimum atomic E-state index is 0.463. The van der Waals surface area contributed by atoms with Crippen molar-refractivity contribution in [2.75, 3.05) is 5.88 Å². The Hall–Kier alpha value is -0.150. The normalized spacial score (nSPS) is 11.9. The first-order valence-electron chi connectivity index (χ1n) is 2.85. The van der Waals surface area contributed by atoms with E-state index in [4.69, 9.17) is 11.6 Å². The molecule has 0 nitrogen and oxygen atoms in total. The molecule has 0 saturated heterocycles. The van der Waals surface area contributed by atoms with Gasteiger partial charge in [0, 0.05) is 5.92 Å². The van der Waals surface area contributed by atoms with Gasteiger partial charge in [-0.2, -0.15) is 0 Å². The van der Waals surface area contributed by atoms with Crippen LogP contribution in [0.3, 0.4) is 0 Å². The molecule has 0 bridgehead atoms. The van der Waals surface area contributed by atoms with Crippen LogP contribution in [0.15, 0.2) is 0 Å². The molecule has 8 heavy (non-hydrogen) atoms. The van der Waals surface area contributed by atoms with Crippen LogP contribution in [0.1, 0.15) is 20.3 Å². The van der Waals surface area contributed by atoms with Crippen LogP contribution in [0, 0.1) is 17.8 Å². The molecule has 0 aliphatic carbocycles. The van der Waals surface area contributed by atoms with E-state index in [-0.39, 0.29) is 0 Å². The molecule has 1 atom stereocenters. The Bertz CT molecular complexity index is 96.7. The summed E-state index contributed by atoms with van der Waals surface area (Å²) in [6, 6.07) is 0. The van der Waals surface area contributed by atoms with Crippen molar-refractivity contribution in [2.24, 2.45) is 5.92 Å². The smallest absolute Gasteiger partial charge is 0.0835 e. The molecular weight excluding hydrogens is 120 g/mol. The van der Waals surface area contributed by atoms with Gasteiger partial charge >= 0.3 is 0 Å². The first-order valence-corrected chi connectivity index (χ1v) is 3.39. The maximum atomic E-state index is 5.33. The van der Waals surface area contributed by atoms with Gasteiger partial charge in [-0.25, -0.2) is 0 Å². The molecule has 46 valence electrons. The van der Waals surface area contributed by atoms with E-state index in [1.54, 1.807) is 0 Å². The van der Waals surface area contributed by atoms with Crippen LogP contribution < -0.4 is 0 Å². The Morgan fingerprint density at radius 3 is 2.62 bits per heavy atom. The average Bonchev–Trinajstić information content (AvgIpc) is 1.83. The van der Waals surface area contributed by atoms with Crippen molar-refractivity contribution in [3.63, 3.8) is 0 Å². The van der Waals surface area contributed by atoms with E-state index < -0.39 is 0 Å². The minimum Gasteiger partial charge on any atom is -0.113 e. The summed E-state index contributed by atoms with van der Waals surface area (Å²) in [6.45, 7) is 4.22. The molecule has 0 saturated carbocycles. The molecule has 0 radical (unpaired) electrons. The van der Waals surface area contributed by atoms with E-state index >= 15 is 0 Å². The van der Waals surface area contributed by atoms with E-state index in [1.807, 2.05) is 0 Å². The summed E-state index contributed by atoms with van der Waals surface area (Å²) in [5, 5.41) is 0. The molecule has 0 aliphatic heterocycles. The van der Waals surface area contributed by atoms with Crippen molar-refractivity contribution < 1.29 is 0 Å². The van der Waals surface area contributed by atoms with E-state index in [2.05, 4.69) is 25.7 Å². The van der Waals surface area contributed by atoms with Crippen LogP contribution in [0.2, 0.25) is 0 Å². The highest BCUT2D eigenvalue weighted by molar-refractivity contribution is 6.19. The molecule has 0 rings (SSSR count). The molecule has 0 aromatic rings. The summed E-state index contributed by atoms with van der Waals surface area (Å²) in [7, 11) is 0. The van der Waals surface area contributed by atoms with Gasteiger partial charge in [-0.15, -0.1) is 11.6 Å². The Labute approximate surface area is 56.2 Å². The first-order chi connectivity index (χ1) is 3.81. The fraction of sp³-hybridized carbons (Fsp3) is 0.714. The van der Waals surface area contributed by atoms with E-state index in [1.165, 1.54) is 0 Å². The number of halogens is 1. The zero-order valence-electron chi connectivity index (χ0n) is 5.37. The quantitative estimate of drug-likeness (QED) is 0.377. The standard InChI is InChI=1S/C7H11Cl/c1-3-7(2)5-4-6-8/h7H,3,6H2,1-2H3. The lowest BCUT2D eigenvalue weighted by Crippen LogP contribution is -1.84. The maximum Gasteiger partial charge on any atom is 0.0835 e. The number of rotatable bonds is 1. The highest BCUT2D eigenvalue weighted by Crippen LogP contribution is 1.95. The van der Waals surface area contributed by atoms with Crippen molar-refractivity contribution in [1.82, 2.24) is 0 Å². The van der Waals surface area contributed by atoms with Crippen LogP contribution in [0.5, 0.6) is 0 Å². The van der Waals surface area contributed by atoms with E-state index in [0.29, 0.717) is 11.8 Å². The van der Waals surface area contributed by atoms with Gasteiger partial charge in [0.15, 0.2) is 0 Å². The van der Waals surface area contributed by atoms with E-state index in [9.17, 15) is 0 Å². The molecule has 0 aromatic carbocycles. The lowest BCUT2D eigenvalue weighted by molar-refractivity contribution is 0.723. The van der Waals surface area contributed by atoms with Gasteiger partial charge in [0.25, 0.3) is 0 Å². The molecule has 0 amide bonds. The Morgan fingerprint density at radius 2 is 2.25 bits per heavy atom. The molecule has 1 heteroatoms. The molecule has 0 aromatic heterocycles. The first kappa shape index (κ1) is 7.85. The third kappa shape index (κ3) is 4.02. The zero-order valence-corrected chi connectivity index (χ0v) is 6.13. The van der Waals surface area contributed by atoms with Gasteiger partial charge < -0.3 is 0 Å².